The molecule has 1 spiro atoms. The summed E-state index contributed by atoms with van der Waals surface area (Å²) in [4.78, 5) is 14.0. The smallest absolute Gasteiger partial charge is 0.303 e. The lowest BCUT2D eigenvalue weighted by molar-refractivity contribution is -0.127. The van der Waals surface area contributed by atoms with Crippen LogP contribution in [-0.2, 0) is 10.7 Å². The SMILES string of the molecule is CC(F)(F)c1nccc(-n2nc(N3CC4(COC4)C3)c3cnc(Cl)cc32)n1. The maximum absolute atomic E-state index is 13.7. The molecular formula is C17H15ClF2N6O. The number of aromatic nitrogens is 5. The number of fused-ring (bicyclic) bond motifs is 1. The molecule has 27 heavy (non-hydrogen) atoms. The van der Waals surface area contributed by atoms with E-state index in [1.807, 2.05) is 0 Å². The van der Waals surface area contributed by atoms with Gasteiger partial charge in [0.05, 0.1) is 29.5 Å². The van der Waals surface area contributed by atoms with Gasteiger partial charge in [-0.05, 0) is 0 Å². The minimum Gasteiger partial charge on any atom is -0.380 e. The number of hydrogen-bond donors (Lipinski definition) is 0. The second-order valence-corrected chi connectivity index (χ2v) is 7.62. The first kappa shape index (κ1) is 16.8. The van der Waals surface area contributed by atoms with E-state index in [1.54, 1.807) is 12.3 Å². The van der Waals surface area contributed by atoms with E-state index in [9.17, 15) is 8.78 Å². The molecule has 3 aromatic heterocycles. The van der Waals surface area contributed by atoms with E-state index in [1.165, 1.54) is 16.9 Å². The summed E-state index contributed by atoms with van der Waals surface area (Å²) >= 11 is 6.06. The van der Waals surface area contributed by atoms with Gasteiger partial charge >= 0.3 is 5.92 Å². The molecule has 0 aliphatic carbocycles. The van der Waals surface area contributed by atoms with Gasteiger partial charge in [0.2, 0.25) is 5.82 Å². The highest BCUT2D eigenvalue weighted by Crippen LogP contribution is 2.42. The Morgan fingerprint density at radius 1 is 1.26 bits per heavy atom. The predicted molar refractivity (Wildman–Crippen MR) is 94.5 cm³/mol. The van der Waals surface area contributed by atoms with Crippen LogP contribution in [0.4, 0.5) is 14.6 Å². The van der Waals surface area contributed by atoms with Crippen LogP contribution in [0.2, 0.25) is 5.15 Å². The molecule has 2 saturated heterocycles. The normalized spacial score (nSPS) is 18.6. The molecular weight excluding hydrogens is 378 g/mol. The standard InChI is InChI=1S/C17H15ClF2N6O/c1-16(19,20)15-21-3-2-13(23-15)26-11-4-12(18)22-5-10(11)14(24-26)25-6-17(7-25)8-27-9-17/h2-5H,6-9H2,1H3. The average Bonchev–Trinajstić information content (AvgIpc) is 2.90. The third kappa shape index (κ3) is 2.64. The molecule has 2 aliphatic rings. The van der Waals surface area contributed by atoms with E-state index in [-0.39, 0.29) is 16.4 Å². The quantitative estimate of drug-likeness (QED) is 0.638. The highest BCUT2D eigenvalue weighted by atomic mass is 35.5. The molecule has 0 radical (unpaired) electrons. The van der Waals surface area contributed by atoms with E-state index < -0.39 is 11.7 Å². The first-order valence-corrected chi connectivity index (χ1v) is 8.81. The van der Waals surface area contributed by atoms with Crippen LogP contribution in [-0.4, -0.2) is 51.0 Å². The van der Waals surface area contributed by atoms with Gasteiger partial charge < -0.3 is 9.64 Å². The third-order valence-corrected chi connectivity index (χ3v) is 5.14. The Kier molecular flexibility index (Phi) is 3.45. The van der Waals surface area contributed by atoms with Crippen LogP contribution in [0.1, 0.15) is 12.7 Å². The van der Waals surface area contributed by atoms with Gasteiger partial charge in [-0.25, -0.2) is 19.6 Å². The Balaban J connectivity index is 1.61. The molecule has 0 aromatic carbocycles. The minimum absolute atomic E-state index is 0.211. The summed E-state index contributed by atoms with van der Waals surface area (Å²) in [6, 6.07) is 3.19. The van der Waals surface area contributed by atoms with Crippen molar-refractivity contribution in [1.82, 2.24) is 24.7 Å². The molecule has 0 amide bonds. The predicted octanol–water partition coefficient (Wildman–Crippen LogP) is 2.81. The fourth-order valence-corrected chi connectivity index (χ4v) is 3.70. The molecule has 0 bridgehead atoms. The highest BCUT2D eigenvalue weighted by molar-refractivity contribution is 6.30. The topological polar surface area (TPSA) is 69.0 Å². The van der Waals surface area contributed by atoms with E-state index in [4.69, 9.17) is 16.3 Å². The van der Waals surface area contributed by atoms with E-state index in [2.05, 4.69) is 25.0 Å². The van der Waals surface area contributed by atoms with E-state index >= 15 is 0 Å². The van der Waals surface area contributed by atoms with Crippen molar-refractivity contribution in [2.75, 3.05) is 31.2 Å². The summed E-state index contributed by atoms with van der Waals surface area (Å²) < 4.78 is 34.1. The van der Waals surface area contributed by atoms with Crippen molar-refractivity contribution < 1.29 is 13.5 Å². The van der Waals surface area contributed by atoms with E-state index in [0.717, 1.165) is 44.4 Å². The van der Waals surface area contributed by atoms with Crippen molar-refractivity contribution in [3.63, 3.8) is 0 Å². The Morgan fingerprint density at radius 3 is 2.70 bits per heavy atom. The lowest BCUT2D eigenvalue weighted by Crippen LogP contribution is -2.66. The summed E-state index contributed by atoms with van der Waals surface area (Å²) in [5, 5.41) is 5.72. The second kappa shape index (κ2) is 5.56. The van der Waals surface area contributed by atoms with Crippen LogP contribution in [0.25, 0.3) is 16.7 Å². The lowest BCUT2D eigenvalue weighted by atomic mass is 9.78. The molecule has 140 valence electrons. The molecule has 0 atom stereocenters. The zero-order chi connectivity index (χ0) is 18.8. The number of anilines is 1. The molecule has 3 aromatic rings. The van der Waals surface area contributed by atoms with Gasteiger partial charge in [-0.3, -0.25) is 0 Å². The summed E-state index contributed by atoms with van der Waals surface area (Å²) in [5.74, 6) is -2.72. The van der Waals surface area contributed by atoms with Crippen molar-refractivity contribution in [2.45, 2.75) is 12.8 Å². The van der Waals surface area contributed by atoms with Gasteiger partial charge in [-0.1, -0.05) is 11.6 Å². The molecule has 7 nitrogen and oxygen atoms in total. The maximum atomic E-state index is 13.7. The minimum atomic E-state index is -3.14. The molecule has 2 fully saturated rings. The van der Waals surface area contributed by atoms with Gasteiger partial charge in [0, 0.05) is 44.5 Å². The van der Waals surface area contributed by atoms with Gasteiger partial charge in [0.15, 0.2) is 11.6 Å². The first-order valence-electron chi connectivity index (χ1n) is 8.43. The monoisotopic (exact) mass is 392 g/mol. The Hall–Kier alpha value is -2.39. The molecule has 2 aliphatic heterocycles. The van der Waals surface area contributed by atoms with Crippen molar-refractivity contribution in [3.8, 4) is 5.82 Å². The average molecular weight is 393 g/mol. The maximum Gasteiger partial charge on any atom is 0.303 e. The van der Waals surface area contributed by atoms with Crippen LogP contribution in [0.15, 0.2) is 24.5 Å². The molecule has 0 saturated carbocycles. The van der Waals surface area contributed by atoms with Crippen molar-refractivity contribution in [3.05, 3.63) is 35.5 Å². The van der Waals surface area contributed by atoms with Crippen LogP contribution < -0.4 is 4.90 Å². The van der Waals surface area contributed by atoms with Crippen molar-refractivity contribution in [1.29, 1.82) is 0 Å². The van der Waals surface area contributed by atoms with Crippen molar-refractivity contribution >= 4 is 28.3 Å². The fourth-order valence-electron chi connectivity index (χ4n) is 3.54. The zero-order valence-electron chi connectivity index (χ0n) is 14.4. The number of alkyl halides is 2. The van der Waals surface area contributed by atoms with Gasteiger partial charge in [0.25, 0.3) is 0 Å². The number of ether oxygens (including phenoxy) is 1. The molecule has 0 unspecified atom stereocenters. The summed E-state index contributed by atoms with van der Waals surface area (Å²) in [7, 11) is 0. The Bertz CT molecular complexity index is 1040. The number of halogens is 3. The lowest BCUT2D eigenvalue weighted by Gasteiger charge is -2.55. The zero-order valence-corrected chi connectivity index (χ0v) is 15.1. The van der Waals surface area contributed by atoms with Gasteiger partial charge in [-0.15, -0.1) is 5.10 Å². The van der Waals surface area contributed by atoms with Crippen LogP contribution >= 0.6 is 11.6 Å². The fraction of sp³-hybridized carbons (Fsp3) is 0.412. The number of pyridine rings is 1. The Labute approximate surface area is 157 Å². The third-order valence-electron chi connectivity index (χ3n) is 4.93. The molecule has 10 heteroatoms. The van der Waals surface area contributed by atoms with Crippen molar-refractivity contribution in [2.24, 2.45) is 5.41 Å². The molecule has 5 heterocycles. The van der Waals surface area contributed by atoms with Crippen LogP contribution in [0.5, 0.6) is 0 Å². The number of nitrogens with zero attached hydrogens (tertiary/aromatic N) is 6. The summed E-state index contributed by atoms with van der Waals surface area (Å²) in [5.41, 5.74) is 0.863. The highest BCUT2D eigenvalue weighted by Gasteiger charge is 2.50. The summed E-state index contributed by atoms with van der Waals surface area (Å²) in [6.45, 7) is 3.95. The van der Waals surface area contributed by atoms with E-state index in [0.29, 0.717) is 5.52 Å². The number of hydrogen-bond acceptors (Lipinski definition) is 6. The molecule has 0 N–H and O–H groups in total. The van der Waals surface area contributed by atoms with Crippen LogP contribution in [0, 0.1) is 5.41 Å². The Morgan fingerprint density at radius 2 is 2.04 bits per heavy atom. The second-order valence-electron chi connectivity index (χ2n) is 7.24. The number of rotatable bonds is 3. The first-order chi connectivity index (χ1) is 12.8. The van der Waals surface area contributed by atoms with Gasteiger partial charge in [-0.2, -0.15) is 8.78 Å². The van der Waals surface area contributed by atoms with Crippen LogP contribution in [0.3, 0.4) is 0 Å². The molecule has 5 rings (SSSR count). The largest absolute Gasteiger partial charge is 0.380 e. The summed E-state index contributed by atoms with van der Waals surface area (Å²) in [6.07, 6.45) is 2.95. The van der Waals surface area contributed by atoms with Gasteiger partial charge in [0.1, 0.15) is 5.15 Å².